The molecule has 1 amide bonds. The van der Waals surface area contributed by atoms with Gasteiger partial charge in [0.2, 0.25) is 0 Å². The summed E-state index contributed by atoms with van der Waals surface area (Å²) < 4.78 is 0. The lowest BCUT2D eigenvalue weighted by Crippen LogP contribution is -2.58. The lowest BCUT2D eigenvalue weighted by Gasteiger charge is -2.55. The summed E-state index contributed by atoms with van der Waals surface area (Å²) in [6.45, 7) is 13.6. The second kappa shape index (κ2) is 7.36. The van der Waals surface area contributed by atoms with Crippen LogP contribution in [0, 0.1) is 5.41 Å². The van der Waals surface area contributed by atoms with E-state index < -0.39 is 6.10 Å². The van der Waals surface area contributed by atoms with Crippen LogP contribution in [0.1, 0.15) is 74.7 Å². The number of nitrogens with zero attached hydrogens (tertiary/aromatic N) is 1. The number of carbonyl (C=O) groups is 1. The van der Waals surface area contributed by atoms with Crippen LogP contribution in [0.25, 0.3) is 0 Å². The number of aliphatic hydroxyl groups is 1. The summed E-state index contributed by atoms with van der Waals surface area (Å²) in [5, 5.41) is 9.74. The zero-order chi connectivity index (χ0) is 20.7. The zero-order valence-corrected chi connectivity index (χ0v) is 18.0. The Kier molecular flexibility index (Phi) is 5.42. The van der Waals surface area contributed by atoms with Crippen molar-refractivity contribution in [3.8, 4) is 0 Å². The van der Waals surface area contributed by atoms with Crippen molar-refractivity contribution < 1.29 is 9.90 Å². The molecule has 3 rings (SSSR count). The molecule has 0 bridgehead atoms. The van der Waals surface area contributed by atoms with Crippen LogP contribution >= 0.6 is 0 Å². The number of hydrogen-bond acceptors (Lipinski definition) is 2. The van der Waals surface area contributed by atoms with Gasteiger partial charge in [-0.25, -0.2) is 0 Å². The minimum Gasteiger partial charge on any atom is -0.389 e. The predicted molar refractivity (Wildman–Crippen MR) is 115 cm³/mol. The monoisotopic (exact) mass is 379 g/mol. The van der Waals surface area contributed by atoms with E-state index in [0.717, 1.165) is 12.0 Å². The molecule has 28 heavy (non-hydrogen) atoms. The minimum atomic E-state index is -0.527. The van der Waals surface area contributed by atoms with E-state index in [4.69, 9.17) is 0 Å². The largest absolute Gasteiger partial charge is 0.389 e. The van der Waals surface area contributed by atoms with Gasteiger partial charge in [-0.2, -0.15) is 0 Å². The molecule has 2 aromatic carbocycles. The fraction of sp³-hybridized carbons (Fsp3) is 0.480. The van der Waals surface area contributed by atoms with Crippen LogP contribution in [0.15, 0.2) is 48.5 Å². The molecule has 1 aliphatic carbocycles. The molecule has 3 nitrogen and oxygen atoms in total. The number of amides is 1. The standard InChI is InChI=1S/C25H33NO2/c1-7-26(23(28)19-14-12-18(13-15-19)17(2)27)22-16-20-10-8-9-11-21(20)24(3,4)25(22,5)6/h8-15,17,22,27H,7,16H2,1-6H3/t17?,22-/m1/s1. The fourth-order valence-electron chi connectivity index (χ4n) is 4.61. The molecule has 0 saturated heterocycles. The van der Waals surface area contributed by atoms with Gasteiger partial charge < -0.3 is 10.0 Å². The summed E-state index contributed by atoms with van der Waals surface area (Å²) in [4.78, 5) is 15.5. The summed E-state index contributed by atoms with van der Waals surface area (Å²) >= 11 is 0. The van der Waals surface area contributed by atoms with E-state index in [1.165, 1.54) is 11.1 Å². The molecule has 0 aromatic heterocycles. The first-order chi connectivity index (χ1) is 13.1. The first-order valence-electron chi connectivity index (χ1n) is 10.3. The Hall–Kier alpha value is -2.13. The molecule has 2 atom stereocenters. The van der Waals surface area contributed by atoms with Gasteiger partial charge in [-0.1, -0.05) is 64.1 Å². The molecule has 0 spiro atoms. The summed E-state index contributed by atoms with van der Waals surface area (Å²) in [6.07, 6.45) is 0.346. The average molecular weight is 380 g/mol. The lowest BCUT2D eigenvalue weighted by atomic mass is 9.55. The number of aliphatic hydroxyl groups excluding tert-OH is 1. The average Bonchev–Trinajstić information content (AvgIpc) is 2.66. The van der Waals surface area contributed by atoms with E-state index >= 15 is 0 Å². The normalized spacial score (nSPS) is 20.9. The second-order valence-corrected chi connectivity index (χ2v) is 9.11. The van der Waals surface area contributed by atoms with Gasteiger partial charge in [0, 0.05) is 18.2 Å². The zero-order valence-electron chi connectivity index (χ0n) is 18.0. The van der Waals surface area contributed by atoms with Crippen molar-refractivity contribution in [2.75, 3.05) is 6.54 Å². The highest BCUT2D eigenvalue weighted by molar-refractivity contribution is 5.94. The van der Waals surface area contributed by atoms with Crippen LogP contribution < -0.4 is 0 Å². The number of likely N-dealkylation sites (N-methyl/N-ethyl adjacent to an activating group) is 1. The molecule has 1 N–H and O–H groups in total. The molecule has 0 radical (unpaired) electrons. The van der Waals surface area contributed by atoms with Crippen molar-refractivity contribution in [1.29, 1.82) is 0 Å². The molecule has 3 heteroatoms. The van der Waals surface area contributed by atoms with Crippen molar-refractivity contribution in [2.45, 2.75) is 65.5 Å². The van der Waals surface area contributed by atoms with Crippen LogP contribution in [-0.4, -0.2) is 28.5 Å². The van der Waals surface area contributed by atoms with Crippen molar-refractivity contribution in [1.82, 2.24) is 4.90 Å². The Balaban J connectivity index is 1.98. The molecule has 2 aromatic rings. The van der Waals surface area contributed by atoms with Crippen LogP contribution in [-0.2, 0) is 11.8 Å². The first kappa shape index (κ1) is 20.6. The fourth-order valence-corrected chi connectivity index (χ4v) is 4.61. The number of benzene rings is 2. The first-order valence-corrected chi connectivity index (χ1v) is 10.3. The van der Waals surface area contributed by atoms with Crippen molar-refractivity contribution in [3.05, 3.63) is 70.8 Å². The highest BCUT2D eigenvalue weighted by Gasteiger charge is 2.51. The predicted octanol–water partition coefficient (Wildman–Crippen LogP) is 5.13. The Morgan fingerprint density at radius 2 is 1.71 bits per heavy atom. The maximum Gasteiger partial charge on any atom is 0.254 e. The number of carbonyl (C=O) groups excluding carboxylic acids is 1. The van der Waals surface area contributed by atoms with E-state index in [2.05, 4.69) is 58.9 Å². The molecular weight excluding hydrogens is 346 g/mol. The van der Waals surface area contributed by atoms with Gasteiger partial charge in [0.25, 0.3) is 5.91 Å². The molecule has 0 fully saturated rings. The van der Waals surface area contributed by atoms with Gasteiger partial charge in [-0.05, 0) is 59.9 Å². The Bertz CT molecular complexity index is 849. The summed E-state index contributed by atoms with van der Waals surface area (Å²) in [5.41, 5.74) is 4.11. The minimum absolute atomic E-state index is 0.0453. The van der Waals surface area contributed by atoms with Crippen LogP contribution in [0.2, 0.25) is 0 Å². The highest BCUT2D eigenvalue weighted by atomic mass is 16.3. The molecule has 1 aliphatic rings. The second-order valence-electron chi connectivity index (χ2n) is 9.11. The SMILES string of the molecule is CCN(C(=O)c1ccc(C(C)O)cc1)[C@@H]1Cc2ccccc2C(C)(C)C1(C)C. The number of hydrogen-bond donors (Lipinski definition) is 1. The maximum absolute atomic E-state index is 13.4. The molecular formula is C25H33NO2. The van der Waals surface area contributed by atoms with E-state index in [1.807, 2.05) is 29.2 Å². The van der Waals surface area contributed by atoms with Crippen molar-refractivity contribution in [3.63, 3.8) is 0 Å². The molecule has 0 heterocycles. The third-order valence-electron chi connectivity index (χ3n) is 7.17. The quantitative estimate of drug-likeness (QED) is 0.800. The number of fused-ring (bicyclic) bond motifs is 1. The third kappa shape index (κ3) is 3.26. The molecule has 150 valence electrons. The Morgan fingerprint density at radius 1 is 1.11 bits per heavy atom. The summed E-state index contributed by atoms with van der Waals surface area (Å²) in [6, 6.07) is 16.1. The molecule has 0 saturated carbocycles. The van der Waals surface area contributed by atoms with Crippen LogP contribution in [0.5, 0.6) is 0 Å². The van der Waals surface area contributed by atoms with Crippen molar-refractivity contribution >= 4 is 5.91 Å². The van der Waals surface area contributed by atoms with Crippen molar-refractivity contribution in [2.24, 2.45) is 5.41 Å². The van der Waals surface area contributed by atoms with Crippen LogP contribution in [0.4, 0.5) is 0 Å². The van der Waals surface area contributed by atoms with Crippen LogP contribution in [0.3, 0.4) is 0 Å². The summed E-state index contributed by atoms with van der Waals surface area (Å²) in [7, 11) is 0. The van der Waals surface area contributed by atoms with E-state index in [0.29, 0.717) is 12.1 Å². The van der Waals surface area contributed by atoms with E-state index in [1.54, 1.807) is 6.92 Å². The highest BCUT2D eigenvalue weighted by Crippen LogP contribution is 2.51. The Labute approximate surface area is 169 Å². The van der Waals surface area contributed by atoms with Gasteiger partial charge in [0.05, 0.1) is 6.10 Å². The van der Waals surface area contributed by atoms with E-state index in [-0.39, 0.29) is 22.8 Å². The molecule has 1 unspecified atom stereocenters. The topological polar surface area (TPSA) is 40.5 Å². The van der Waals surface area contributed by atoms with Gasteiger partial charge >= 0.3 is 0 Å². The Morgan fingerprint density at radius 3 is 2.29 bits per heavy atom. The van der Waals surface area contributed by atoms with Gasteiger partial charge in [0.15, 0.2) is 0 Å². The van der Waals surface area contributed by atoms with Gasteiger partial charge in [-0.3, -0.25) is 4.79 Å². The summed E-state index contributed by atoms with van der Waals surface area (Å²) in [5.74, 6) is 0.0629. The maximum atomic E-state index is 13.4. The smallest absolute Gasteiger partial charge is 0.254 e. The van der Waals surface area contributed by atoms with Gasteiger partial charge in [-0.15, -0.1) is 0 Å². The van der Waals surface area contributed by atoms with E-state index in [9.17, 15) is 9.90 Å². The number of rotatable bonds is 4. The molecule has 0 aliphatic heterocycles. The third-order valence-corrected chi connectivity index (χ3v) is 7.17. The van der Waals surface area contributed by atoms with Gasteiger partial charge in [0.1, 0.15) is 0 Å². The lowest BCUT2D eigenvalue weighted by molar-refractivity contribution is 0.0215.